The summed E-state index contributed by atoms with van der Waals surface area (Å²) >= 11 is 10.2. The number of benzene rings is 1. The minimum atomic E-state index is -9.81. The number of carbonyl (C=O) groups excluding carboxylic acids is 1. The van der Waals surface area contributed by atoms with E-state index < -0.39 is 30.9 Å². The van der Waals surface area contributed by atoms with Gasteiger partial charge in [-0.3, -0.25) is 4.79 Å². The van der Waals surface area contributed by atoms with Crippen LogP contribution in [0.3, 0.4) is 0 Å². The average Bonchev–Trinajstić information content (AvgIpc) is 1.99. The Morgan fingerprint density at radius 3 is 2.00 bits per heavy atom. The summed E-state index contributed by atoms with van der Waals surface area (Å²) in [5.41, 5.74) is -0.811. The molecule has 0 spiro atoms. The van der Waals surface area contributed by atoms with Gasteiger partial charge in [-0.25, -0.2) is 0 Å². The van der Waals surface area contributed by atoms with Gasteiger partial charge >= 0.3 is 10.2 Å². The largest absolute Gasteiger partial charge is 0.310 e. The highest BCUT2D eigenvalue weighted by atomic mass is 35.5. The summed E-state index contributed by atoms with van der Waals surface area (Å²) in [6.45, 7) is 0. The van der Waals surface area contributed by atoms with Gasteiger partial charge in [0.05, 0.1) is 10.6 Å². The SMILES string of the molecule is O=C(Cl)c1cc(S(F)(F)(F)(F)F)ccc1Cl. The lowest BCUT2D eigenvalue weighted by Crippen LogP contribution is -2.07. The first kappa shape index (κ1) is 13.5. The van der Waals surface area contributed by atoms with Crippen LogP contribution in [0.15, 0.2) is 23.1 Å². The van der Waals surface area contributed by atoms with Gasteiger partial charge in [-0.15, -0.1) is 0 Å². The second-order valence-corrected chi connectivity index (χ2v) is 6.04. The highest BCUT2D eigenvalue weighted by Crippen LogP contribution is 3.02. The third kappa shape index (κ3) is 2.99. The normalized spacial score (nSPS) is 16.4. The van der Waals surface area contributed by atoms with Crippen molar-refractivity contribution in [3.05, 3.63) is 28.8 Å². The van der Waals surface area contributed by atoms with Gasteiger partial charge in [-0.1, -0.05) is 31.0 Å². The molecule has 0 aromatic heterocycles. The molecule has 0 aliphatic rings. The van der Waals surface area contributed by atoms with Gasteiger partial charge in [0.1, 0.15) is 4.90 Å². The van der Waals surface area contributed by atoms with Crippen molar-refractivity contribution < 1.29 is 24.2 Å². The maximum Gasteiger partial charge on any atom is 0.310 e. The molecule has 0 N–H and O–H groups in total. The standard InChI is InChI=1S/C7H3Cl2F5OS/c8-6-2-1-4(3-5(6)7(9)15)16(10,11,12,13)14/h1-3H. The Morgan fingerprint density at radius 1 is 1.12 bits per heavy atom. The van der Waals surface area contributed by atoms with Crippen LogP contribution in [0.2, 0.25) is 5.02 Å². The van der Waals surface area contributed by atoms with E-state index in [0.717, 1.165) is 0 Å². The molecule has 1 nitrogen and oxygen atoms in total. The van der Waals surface area contributed by atoms with E-state index in [1.54, 1.807) is 0 Å². The molecule has 0 radical (unpaired) electrons. The first-order valence-corrected chi connectivity index (χ1v) is 6.25. The fourth-order valence-electron chi connectivity index (χ4n) is 0.895. The van der Waals surface area contributed by atoms with Gasteiger partial charge < -0.3 is 0 Å². The van der Waals surface area contributed by atoms with Crippen LogP contribution in [0.4, 0.5) is 19.4 Å². The monoisotopic (exact) mass is 300 g/mol. The Labute approximate surface area is 96.9 Å². The van der Waals surface area contributed by atoms with E-state index in [0.29, 0.717) is 6.07 Å². The molecule has 1 aromatic carbocycles. The van der Waals surface area contributed by atoms with E-state index in [2.05, 4.69) is 0 Å². The fraction of sp³-hybridized carbons (Fsp3) is 0. The first-order chi connectivity index (χ1) is 6.81. The van der Waals surface area contributed by atoms with E-state index >= 15 is 0 Å². The maximum absolute atomic E-state index is 12.3. The highest BCUT2D eigenvalue weighted by molar-refractivity contribution is 8.45. The van der Waals surface area contributed by atoms with Crippen LogP contribution < -0.4 is 0 Å². The van der Waals surface area contributed by atoms with Crippen molar-refractivity contribution in [3.8, 4) is 0 Å². The lowest BCUT2D eigenvalue weighted by atomic mass is 10.2. The van der Waals surface area contributed by atoms with Crippen LogP contribution in [0.1, 0.15) is 10.4 Å². The Kier molecular flexibility index (Phi) is 2.56. The van der Waals surface area contributed by atoms with Crippen LogP contribution in [0.25, 0.3) is 0 Å². The van der Waals surface area contributed by atoms with Crippen LogP contribution in [-0.2, 0) is 0 Å². The Balaban J connectivity index is 3.54. The molecular formula is C7H3Cl2F5OS. The van der Waals surface area contributed by atoms with Crippen LogP contribution in [-0.4, -0.2) is 5.24 Å². The molecule has 0 heterocycles. The molecule has 0 unspecified atom stereocenters. The van der Waals surface area contributed by atoms with Crippen LogP contribution in [0.5, 0.6) is 0 Å². The molecule has 0 atom stereocenters. The van der Waals surface area contributed by atoms with Gasteiger partial charge in [-0.05, 0) is 29.8 Å². The van der Waals surface area contributed by atoms with Crippen molar-refractivity contribution in [1.82, 2.24) is 0 Å². The topological polar surface area (TPSA) is 17.1 Å². The molecule has 0 fully saturated rings. The van der Waals surface area contributed by atoms with E-state index in [-0.39, 0.29) is 12.1 Å². The van der Waals surface area contributed by atoms with Crippen LogP contribution in [0, 0.1) is 0 Å². The third-order valence-electron chi connectivity index (χ3n) is 1.60. The fourth-order valence-corrected chi connectivity index (χ4v) is 1.97. The Bertz CT molecular complexity index is 469. The van der Waals surface area contributed by atoms with E-state index in [9.17, 15) is 24.2 Å². The lowest BCUT2D eigenvalue weighted by molar-refractivity contribution is 0.108. The molecular weight excluding hydrogens is 298 g/mol. The summed E-state index contributed by atoms with van der Waals surface area (Å²) in [6.07, 6.45) is 0. The molecule has 1 aromatic rings. The zero-order chi connectivity index (χ0) is 12.8. The molecule has 0 aliphatic carbocycles. The van der Waals surface area contributed by atoms with Crippen molar-refractivity contribution in [2.75, 3.05) is 0 Å². The summed E-state index contributed by atoms with van der Waals surface area (Å²) in [5, 5.41) is -1.76. The molecule has 92 valence electrons. The molecule has 0 saturated heterocycles. The quantitative estimate of drug-likeness (QED) is 0.529. The second-order valence-electron chi connectivity index (χ2n) is 2.88. The van der Waals surface area contributed by atoms with Gasteiger partial charge in [0, 0.05) is 0 Å². The predicted octanol–water partition coefficient (Wildman–Crippen LogP) is 5.38. The average molecular weight is 301 g/mol. The predicted molar refractivity (Wildman–Crippen MR) is 53.0 cm³/mol. The first-order valence-electron chi connectivity index (χ1n) is 3.55. The summed E-state index contributed by atoms with van der Waals surface area (Å²) in [7, 11) is -9.81. The smallest absolute Gasteiger partial charge is 0.276 e. The molecule has 0 bridgehead atoms. The molecule has 0 amide bonds. The molecule has 1 rings (SSSR count). The Morgan fingerprint density at radius 2 is 1.62 bits per heavy atom. The van der Waals surface area contributed by atoms with E-state index in [1.807, 2.05) is 0 Å². The molecule has 9 heteroatoms. The van der Waals surface area contributed by atoms with Crippen molar-refractivity contribution >= 4 is 38.7 Å². The summed E-state index contributed by atoms with van der Waals surface area (Å²) < 4.78 is 61.6. The van der Waals surface area contributed by atoms with Gasteiger partial charge in [0.2, 0.25) is 0 Å². The number of carbonyl (C=O) groups is 1. The number of rotatable bonds is 2. The van der Waals surface area contributed by atoms with E-state index in [1.165, 1.54) is 0 Å². The summed E-state index contributed by atoms with van der Waals surface area (Å²) in [4.78, 5) is 8.44. The van der Waals surface area contributed by atoms with Crippen molar-refractivity contribution in [3.63, 3.8) is 0 Å². The lowest BCUT2D eigenvalue weighted by Gasteiger charge is -2.40. The van der Waals surface area contributed by atoms with Gasteiger partial charge in [0.15, 0.2) is 0 Å². The highest BCUT2D eigenvalue weighted by Gasteiger charge is 2.65. The zero-order valence-electron chi connectivity index (χ0n) is 7.19. The van der Waals surface area contributed by atoms with Crippen molar-refractivity contribution in [1.29, 1.82) is 0 Å². The Hall–Kier alpha value is -0.530. The summed E-state index contributed by atoms with van der Waals surface area (Å²) in [6, 6.07) is 0.594. The van der Waals surface area contributed by atoms with Crippen LogP contribution >= 0.6 is 33.4 Å². The van der Waals surface area contributed by atoms with Crippen molar-refractivity contribution in [2.45, 2.75) is 4.90 Å². The summed E-state index contributed by atoms with van der Waals surface area (Å²) in [5.74, 6) is 0. The molecule has 16 heavy (non-hydrogen) atoms. The maximum atomic E-state index is 12.3. The number of hydrogen-bond donors (Lipinski definition) is 0. The molecule has 0 saturated carbocycles. The minimum Gasteiger partial charge on any atom is -0.276 e. The second kappa shape index (κ2) is 3.02. The van der Waals surface area contributed by atoms with Gasteiger partial charge in [0.25, 0.3) is 5.24 Å². The molecule has 0 aliphatic heterocycles. The van der Waals surface area contributed by atoms with E-state index in [4.69, 9.17) is 23.2 Å². The zero-order valence-corrected chi connectivity index (χ0v) is 9.52. The van der Waals surface area contributed by atoms with Crippen molar-refractivity contribution in [2.24, 2.45) is 0 Å². The number of hydrogen-bond acceptors (Lipinski definition) is 1. The number of halogens is 7. The van der Waals surface area contributed by atoms with Gasteiger partial charge in [-0.2, -0.15) is 0 Å². The third-order valence-corrected chi connectivity index (χ3v) is 3.27. The minimum absolute atomic E-state index is 0.0563.